The van der Waals surface area contributed by atoms with Crippen molar-refractivity contribution in [1.82, 2.24) is 0 Å². The zero-order chi connectivity index (χ0) is 37.1. The smallest absolute Gasteiger partial charge is 0.324 e. The van der Waals surface area contributed by atoms with Crippen molar-refractivity contribution in [3.8, 4) is 0 Å². The molecule has 10 nitrogen and oxygen atoms in total. The van der Waals surface area contributed by atoms with Gasteiger partial charge in [-0.05, 0) is 32.1 Å². The number of unbranched alkanes of at least 4 members (excludes halogenated alkanes) is 7. The Hall–Kier alpha value is -0.910. The minimum atomic E-state index is -8.87. The van der Waals surface area contributed by atoms with E-state index >= 15 is 0 Å². The third kappa shape index (κ3) is 10.5. The zero-order valence-electron chi connectivity index (χ0n) is 25.9. The molecule has 0 aliphatic heterocycles. The molecule has 0 amide bonds. The van der Waals surface area contributed by atoms with Crippen LogP contribution < -0.4 is 5.14 Å². The Morgan fingerprint density at radius 2 is 0.674 bits per heavy atom. The number of nitrogens with zero attached hydrogens (tertiary/aromatic N) is 1. The van der Waals surface area contributed by atoms with Crippen molar-refractivity contribution >= 4 is 39.5 Å². The highest BCUT2D eigenvalue weighted by atomic mass is 32.4. The van der Waals surface area contributed by atoms with Crippen LogP contribution in [0.3, 0.4) is 0 Å². The molecule has 0 aliphatic carbocycles. The maximum Gasteiger partial charge on any atom is 0.501 e. The number of nitrogens with two attached hydrogens (primary N) is 1. The standard InChI is InChI=1S/C19H42N.C4H2F9NO8S4/c1-5-9-13-14-15-19-20(16-10-6-2,17-11-7-3)18-12-8-4;5-1(6,7)23(15,16)4(26(14,21)22,24(17,18)2(8,9)10)25(19,20)3(11,12)13/h5-19H2,1-4H3;(H2,14,21,22)/q+1;. The van der Waals surface area contributed by atoms with Crippen LogP contribution in [0.5, 0.6) is 0 Å². The van der Waals surface area contributed by atoms with E-state index in [1.165, 1.54) is 101 Å². The molecule has 0 aromatic heterocycles. The van der Waals surface area contributed by atoms with Gasteiger partial charge in [0.25, 0.3) is 39.5 Å². The summed E-state index contributed by atoms with van der Waals surface area (Å²) in [5.74, 6) is 0. The average Bonchev–Trinajstić information content (AvgIpc) is 2.86. The molecule has 46 heavy (non-hydrogen) atoms. The van der Waals surface area contributed by atoms with Gasteiger partial charge in [0.05, 0.1) is 26.2 Å². The lowest BCUT2D eigenvalue weighted by molar-refractivity contribution is -0.929. The molecular formula is C23H44F9N2O8S4+. The van der Waals surface area contributed by atoms with E-state index in [1.807, 2.05) is 0 Å². The summed E-state index contributed by atoms with van der Waals surface area (Å²) >= 11 is 0. The minimum absolute atomic E-state index is 1.36. The summed E-state index contributed by atoms with van der Waals surface area (Å²) in [6, 6.07) is 0. The van der Waals surface area contributed by atoms with Crippen molar-refractivity contribution in [1.29, 1.82) is 0 Å². The van der Waals surface area contributed by atoms with Crippen LogP contribution in [0.1, 0.15) is 98.3 Å². The number of sulfone groups is 3. The fourth-order valence-electron chi connectivity index (χ4n) is 4.52. The number of hydrogen-bond acceptors (Lipinski definition) is 8. The Morgan fingerprint density at radius 3 is 0.891 bits per heavy atom. The van der Waals surface area contributed by atoms with Crippen molar-refractivity contribution in [2.75, 3.05) is 26.2 Å². The van der Waals surface area contributed by atoms with E-state index in [2.05, 4.69) is 32.8 Å². The molecule has 0 fully saturated rings. The van der Waals surface area contributed by atoms with Crippen LogP contribution in [0.4, 0.5) is 39.5 Å². The van der Waals surface area contributed by atoms with Crippen LogP contribution in [-0.4, -0.2) is 83.6 Å². The van der Waals surface area contributed by atoms with Gasteiger partial charge < -0.3 is 4.48 Å². The summed E-state index contributed by atoms with van der Waals surface area (Å²) in [6.45, 7) is 15.1. The molecule has 0 aromatic carbocycles. The third-order valence-electron chi connectivity index (χ3n) is 6.94. The predicted molar refractivity (Wildman–Crippen MR) is 154 cm³/mol. The highest BCUT2D eigenvalue weighted by molar-refractivity contribution is 8.39. The topological polar surface area (TPSA) is 163 Å². The zero-order valence-corrected chi connectivity index (χ0v) is 29.2. The second kappa shape index (κ2) is 17.7. The van der Waals surface area contributed by atoms with E-state index in [0.717, 1.165) is 0 Å². The largest absolute Gasteiger partial charge is 0.501 e. The van der Waals surface area contributed by atoms with E-state index in [0.29, 0.717) is 0 Å². The number of alkyl halides is 9. The van der Waals surface area contributed by atoms with Crippen molar-refractivity contribution in [3.05, 3.63) is 0 Å². The summed E-state index contributed by atoms with van der Waals surface area (Å²) in [6.07, 6.45) is 15.5. The number of halogens is 9. The minimum Gasteiger partial charge on any atom is -0.324 e. The van der Waals surface area contributed by atoms with Crippen LogP contribution in [0, 0.1) is 0 Å². The molecule has 0 saturated carbocycles. The first-order chi connectivity index (χ1) is 20.5. The van der Waals surface area contributed by atoms with Gasteiger partial charge >= 0.3 is 19.3 Å². The molecule has 0 radical (unpaired) electrons. The molecule has 0 saturated heterocycles. The summed E-state index contributed by atoms with van der Waals surface area (Å²) in [5.41, 5.74) is -22.7. The SMILES string of the molecule is CCCCCCC[N+](CCCC)(CCCC)CCCC.NS(=O)(=O)C(S(=O)(=O)C(F)(F)F)(S(=O)(=O)C(F)(F)F)S(=O)(=O)C(F)(F)F. The number of sulfonamides is 1. The number of hydrogen-bond donors (Lipinski definition) is 1. The summed E-state index contributed by atoms with van der Waals surface area (Å²) in [5, 5.41) is 3.60. The normalized spacial score (nSPS) is 14.6. The lowest BCUT2D eigenvalue weighted by Crippen LogP contribution is -2.68. The molecule has 0 spiro atoms. The van der Waals surface area contributed by atoms with Gasteiger partial charge in [0.1, 0.15) is 0 Å². The molecule has 2 N–H and O–H groups in total. The molecule has 0 aliphatic rings. The first kappa shape index (κ1) is 47.2. The highest BCUT2D eigenvalue weighted by Gasteiger charge is 2.89. The Bertz CT molecular complexity index is 1230. The highest BCUT2D eigenvalue weighted by Crippen LogP contribution is 2.52. The van der Waals surface area contributed by atoms with Gasteiger partial charge in [-0.15, -0.1) is 0 Å². The van der Waals surface area contributed by atoms with Crippen molar-refractivity contribution in [2.45, 2.75) is 118 Å². The predicted octanol–water partition coefficient (Wildman–Crippen LogP) is 5.86. The molecule has 0 atom stereocenters. The molecule has 0 rings (SSSR count). The quantitative estimate of drug-likeness (QED) is 0.0969. The van der Waals surface area contributed by atoms with Crippen LogP contribution >= 0.6 is 0 Å². The van der Waals surface area contributed by atoms with Gasteiger partial charge in [-0.3, -0.25) is 0 Å². The Morgan fingerprint density at radius 1 is 0.435 bits per heavy atom. The van der Waals surface area contributed by atoms with E-state index in [1.54, 1.807) is 0 Å². The third-order valence-corrected chi connectivity index (χ3v) is 19.5. The van der Waals surface area contributed by atoms with E-state index < -0.39 is 58.8 Å². The lowest BCUT2D eigenvalue weighted by Gasteiger charge is -2.39. The first-order valence-corrected chi connectivity index (χ1v) is 20.3. The Labute approximate surface area is 265 Å². The van der Waals surface area contributed by atoms with Gasteiger partial charge in [0.2, 0.25) is 0 Å². The van der Waals surface area contributed by atoms with Gasteiger partial charge in [-0.25, -0.2) is 38.8 Å². The van der Waals surface area contributed by atoms with Gasteiger partial charge in [0.15, 0.2) is 0 Å². The maximum atomic E-state index is 12.5. The summed E-state index contributed by atoms with van der Waals surface area (Å²) < 4.78 is 196. The Balaban J connectivity index is 0. The molecule has 0 heterocycles. The number of rotatable bonds is 19. The van der Waals surface area contributed by atoms with Crippen molar-refractivity contribution in [3.63, 3.8) is 0 Å². The molecular weight excluding hydrogens is 732 g/mol. The van der Waals surface area contributed by atoms with Gasteiger partial charge in [0, 0.05) is 0 Å². The van der Waals surface area contributed by atoms with Gasteiger partial charge in [-0.2, -0.15) is 39.5 Å². The summed E-state index contributed by atoms with van der Waals surface area (Å²) in [7, 11) is -34.5. The monoisotopic (exact) mass is 775 g/mol. The van der Waals surface area contributed by atoms with Crippen molar-refractivity contribution < 1.29 is 77.7 Å². The fourth-order valence-corrected chi connectivity index (χ4v) is 15.1. The van der Waals surface area contributed by atoms with E-state index in [-0.39, 0.29) is 0 Å². The molecule has 280 valence electrons. The second-order valence-corrected chi connectivity index (χ2v) is 20.1. The van der Waals surface area contributed by atoms with Crippen LogP contribution in [0.2, 0.25) is 0 Å². The van der Waals surface area contributed by atoms with Crippen LogP contribution in [-0.2, 0) is 39.5 Å². The average molecular weight is 776 g/mol. The van der Waals surface area contributed by atoms with E-state index in [9.17, 15) is 73.2 Å². The number of quaternary nitrogens is 1. The van der Waals surface area contributed by atoms with Crippen LogP contribution in [0.15, 0.2) is 0 Å². The maximum absolute atomic E-state index is 12.5. The molecule has 23 heteroatoms. The molecule has 0 aromatic rings. The second-order valence-electron chi connectivity index (χ2n) is 10.6. The van der Waals surface area contributed by atoms with Crippen molar-refractivity contribution in [2.24, 2.45) is 5.14 Å². The first-order valence-electron chi connectivity index (χ1n) is 14.3. The van der Waals surface area contributed by atoms with Gasteiger partial charge in [-0.1, -0.05) is 66.2 Å². The Kier molecular flexibility index (Phi) is 18.1. The summed E-state index contributed by atoms with van der Waals surface area (Å²) in [4.78, 5) is 0. The van der Waals surface area contributed by atoms with Crippen LogP contribution in [0.25, 0.3) is 0 Å². The molecule has 0 unspecified atom stereocenters. The molecule has 0 bridgehead atoms. The lowest BCUT2D eigenvalue weighted by atomic mass is 10.1. The number of primary sulfonamides is 1. The van der Waals surface area contributed by atoms with E-state index in [4.69, 9.17) is 0 Å². The fraction of sp³-hybridized carbons (Fsp3) is 1.00.